The summed E-state index contributed by atoms with van der Waals surface area (Å²) in [5.74, 6) is -3.08. The van der Waals surface area contributed by atoms with Crippen LogP contribution in [0.4, 0.5) is 13.6 Å². The smallest absolute Gasteiger partial charge is 0.410 e. The van der Waals surface area contributed by atoms with E-state index in [9.17, 15) is 13.6 Å². The van der Waals surface area contributed by atoms with Crippen LogP contribution in [0, 0.1) is 0 Å². The number of halogens is 3. The van der Waals surface area contributed by atoms with E-state index in [4.69, 9.17) is 4.74 Å². The number of alkyl halides is 2. The number of fused-ring (bicyclic) bond motifs is 1. The third kappa shape index (κ3) is 3.11. The summed E-state index contributed by atoms with van der Waals surface area (Å²) < 4.78 is 34.0. The van der Waals surface area contributed by atoms with Gasteiger partial charge < -0.3 is 4.74 Å². The Labute approximate surface area is 125 Å². The Kier molecular flexibility index (Phi) is 3.79. The Morgan fingerprint density at radius 2 is 2.05 bits per heavy atom. The van der Waals surface area contributed by atoms with Gasteiger partial charge in [-0.05, 0) is 32.4 Å². The third-order valence-corrected chi connectivity index (χ3v) is 3.65. The monoisotopic (exact) mass is 347 g/mol. The second-order valence-corrected chi connectivity index (χ2v) is 6.66. The van der Waals surface area contributed by atoms with Crippen molar-refractivity contribution in [3.63, 3.8) is 0 Å². The Bertz CT molecular complexity index is 540. The summed E-state index contributed by atoms with van der Waals surface area (Å²) in [6.45, 7) is 4.57. The number of benzene rings is 1. The predicted octanol–water partition coefficient (Wildman–Crippen LogP) is 4.29. The maximum Gasteiger partial charge on any atom is 0.410 e. The zero-order valence-corrected chi connectivity index (χ0v) is 13.1. The van der Waals surface area contributed by atoms with Crippen LogP contribution in [0.25, 0.3) is 0 Å². The van der Waals surface area contributed by atoms with Gasteiger partial charge >= 0.3 is 6.09 Å². The van der Waals surface area contributed by atoms with E-state index in [0.29, 0.717) is 10.0 Å². The van der Waals surface area contributed by atoms with Crippen LogP contribution in [0.1, 0.15) is 31.9 Å². The quantitative estimate of drug-likeness (QED) is 0.700. The van der Waals surface area contributed by atoms with Crippen molar-refractivity contribution in [2.75, 3.05) is 6.54 Å². The first-order valence-corrected chi connectivity index (χ1v) is 7.03. The molecule has 0 spiro atoms. The van der Waals surface area contributed by atoms with Crippen LogP contribution in [-0.2, 0) is 17.2 Å². The topological polar surface area (TPSA) is 29.5 Å². The van der Waals surface area contributed by atoms with Crippen molar-refractivity contribution < 1.29 is 18.3 Å². The van der Waals surface area contributed by atoms with E-state index in [2.05, 4.69) is 15.9 Å². The Hall–Kier alpha value is -1.17. The first kappa shape index (κ1) is 15.2. The number of ether oxygens (including phenoxy) is 1. The highest BCUT2D eigenvalue weighted by Crippen LogP contribution is 2.39. The lowest BCUT2D eigenvalue weighted by Crippen LogP contribution is -2.45. The van der Waals surface area contributed by atoms with E-state index in [0.717, 1.165) is 4.90 Å². The van der Waals surface area contributed by atoms with Gasteiger partial charge in [0.25, 0.3) is 5.92 Å². The number of nitrogens with zero attached hydrogens (tertiary/aromatic N) is 1. The molecule has 0 bridgehead atoms. The van der Waals surface area contributed by atoms with Crippen LogP contribution in [0.2, 0.25) is 0 Å². The minimum absolute atomic E-state index is 0.0355. The second kappa shape index (κ2) is 4.98. The van der Waals surface area contributed by atoms with Gasteiger partial charge in [-0.2, -0.15) is 8.78 Å². The van der Waals surface area contributed by atoms with Crippen molar-refractivity contribution in [1.82, 2.24) is 4.90 Å². The Morgan fingerprint density at radius 1 is 1.40 bits per heavy atom. The van der Waals surface area contributed by atoms with Crippen molar-refractivity contribution in [3.05, 3.63) is 33.8 Å². The van der Waals surface area contributed by atoms with Crippen LogP contribution in [0.5, 0.6) is 0 Å². The maximum absolute atomic E-state index is 14.2. The molecule has 0 aromatic heterocycles. The maximum atomic E-state index is 14.2. The average molecular weight is 348 g/mol. The van der Waals surface area contributed by atoms with Gasteiger partial charge in [0.2, 0.25) is 0 Å². The van der Waals surface area contributed by atoms with Gasteiger partial charge in [0, 0.05) is 10.0 Å². The van der Waals surface area contributed by atoms with E-state index in [1.165, 1.54) is 6.07 Å². The summed E-state index contributed by atoms with van der Waals surface area (Å²) >= 11 is 3.26. The van der Waals surface area contributed by atoms with E-state index < -0.39 is 24.2 Å². The predicted molar refractivity (Wildman–Crippen MR) is 74.7 cm³/mol. The van der Waals surface area contributed by atoms with Crippen LogP contribution in [0.15, 0.2) is 22.7 Å². The largest absolute Gasteiger partial charge is 0.444 e. The number of carbonyl (C=O) groups excluding carboxylic acids is 1. The van der Waals surface area contributed by atoms with Gasteiger partial charge in [-0.15, -0.1) is 0 Å². The molecule has 2 rings (SSSR count). The fraction of sp³-hybridized carbons (Fsp3) is 0.500. The van der Waals surface area contributed by atoms with E-state index in [1.54, 1.807) is 32.9 Å². The van der Waals surface area contributed by atoms with Crippen LogP contribution in [0.3, 0.4) is 0 Å². The standard InChI is InChI=1S/C14H16BrF2NO2/c1-13(2,3)20-12(19)18-7-9-10(14(16,17)8-18)5-4-6-11(9)15/h4-6H,7-8H2,1-3H3. The van der Waals surface area contributed by atoms with Crippen LogP contribution >= 0.6 is 15.9 Å². The number of amides is 1. The van der Waals surface area contributed by atoms with Crippen molar-refractivity contribution in [3.8, 4) is 0 Å². The summed E-state index contributed by atoms with van der Waals surface area (Å²) in [4.78, 5) is 13.0. The van der Waals surface area contributed by atoms with Crippen LogP contribution in [-0.4, -0.2) is 23.1 Å². The normalized spacial score (nSPS) is 17.6. The molecule has 6 heteroatoms. The number of hydrogen-bond donors (Lipinski definition) is 0. The lowest BCUT2D eigenvalue weighted by molar-refractivity contribution is -0.0593. The Morgan fingerprint density at radius 3 is 2.65 bits per heavy atom. The number of hydrogen-bond acceptors (Lipinski definition) is 2. The molecule has 1 amide bonds. The van der Waals surface area contributed by atoms with Crippen molar-refractivity contribution in [2.24, 2.45) is 0 Å². The minimum Gasteiger partial charge on any atom is -0.444 e. The molecule has 0 unspecified atom stereocenters. The molecule has 1 aromatic carbocycles. The van der Waals surface area contributed by atoms with E-state index in [-0.39, 0.29) is 12.1 Å². The Balaban J connectivity index is 2.30. The molecule has 1 heterocycles. The molecule has 0 radical (unpaired) electrons. The summed E-state index contributed by atoms with van der Waals surface area (Å²) in [5.41, 5.74) is -0.318. The summed E-state index contributed by atoms with van der Waals surface area (Å²) in [5, 5.41) is 0. The third-order valence-electron chi connectivity index (χ3n) is 2.90. The lowest BCUT2D eigenvalue weighted by atomic mass is 9.97. The fourth-order valence-corrected chi connectivity index (χ4v) is 2.58. The molecule has 3 nitrogen and oxygen atoms in total. The molecule has 0 N–H and O–H groups in total. The zero-order valence-electron chi connectivity index (χ0n) is 11.5. The van der Waals surface area contributed by atoms with E-state index in [1.807, 2.05) is 0 Å². The molecule has 0 aliphatic carbocycles. The van der Waals surface area contributed by atoms with Gasteiger partial charge in [0.1, 0.15) is 5.60 Å². The number of rotatable bonds is 0. The minimum atomic E-state index is -3.08. The summed E-state index contributed by atoms with van der Waals surface area (Å²) in [6, 6.07) is 4.65. The van der Waals surface area contributed by atoms with Crippen molar-refractivity contribution in [1.29, 1.82) is 0 Å². The van der Waals surface area contributed by atoms with Crippen molar-refractivity contribution >= 4 is 22.0 Å². The highest BCUT2D eigenvalue weighted by atomic mass is 79.9. The first-order valence-electron chi connectivity index (χ1n) is 6.24. The van der Waals surface area contributed by atoms with Gasteiger partial charge in [-0.3, -0.25) is 4.90 Å². The van der Waals surface area contributed by atoms with Gasteiger partial charge in [0.15, 0.2) is 0 Å². The van der Waals surface area contributed by atoms with Crippen LogP contribution < -0.4 is 0 Å². The SMILES string of the molecule is CC(C)(C)OC(=O)N1Cc2c(Br)cccc2C(F)(F)C1. The summed E-state index contributed by atoms with van der Waals surface area (Å²) in [7, 11) is 0. The van der Waals surface area contributed by atoms with Gasteiger partial charge in [0.05, 0.1) is 13.1 Å². The molecular formula is C14H16BrF2NO2. The zero-order chi connectivity index (χ0) is 15.1. The molecule has 0 saturated heterocycles. The van der Waals surface area contributed by atoms with Gasteiger partial charge in [-0.25, -0.2) is 4.79 Å². The van der Waals surface area contributed by atoms with E-state index >= 15 is 0 Å². The molecule has 0 saturated carbocycles. The molecule has 20 heavy (non-hydrogen) atoms. The average Bonchev–Trinajstić information content (AvgIpc) is 2.27. The molecule has 110 valence electrons. The summed E-state index contributed by atoms with van der Waals surface area (Å²) in [6.07, 6.45) is -0.724. The molecule has 1 aliphatic heterocycles. The molecule has 1 aliphatic rings. The first-order chi connectivity index (χ1) is 9.10. The molecule has 0 fully saturated rings. The van der Waals surface area contributed by atoms with Gasteiger partial charge in [-0.1, -0.05) is 28.1 Å². The van der Waals surface area contributed by atoms with Crippen molar-refractivity contribution in [2.45, 2.75) is 38.8 Å². The molecule has 1 aromatic rings. The molecule has 0 atom stereocenters. The number of carbonyl (C=O) groups is 1. The second-order valence-electron chi connectivity index (χ2n) is 5.81. The lowest BCUT2D eigenvalue weighted by Gasteiger charge is -2.35. The highest BCUT2D eigenvalue weighted by Gasteiger charge is 2.43. The molecular weight excluding hydrogens is 332 g/mol. The highest BCUT2D eigenvalue weighted by molar-refractivity contribution is 9.10. The fourth-order valence-electron chi connectivity index (χ4n) is 2.09.